The van der Waals surface area contributed by atoms with Crippen LogP contribution in [0, 0.1) is 0 Å². The molecular weight excluding hydrogens is 402 g/mol. The standard InChI is InChI=1S/C30H37N3/c1-26(27-12-6-3-7-13-27)33(25-24-32-22-20-31(2)21-23-32)19-18-30(28-14-8-4-9-15-28)29-16-10-5-11-17-29/h3-18,26H,19-25H2,1-2H3/t26-/m1/s1. The predicted octanol–water partition coefficient (Wildman–Crippen LogP) is 5.43. The van der Waals surface area contributed by atoms with Gasteiger partial charge in [-0.25, -0.2) is 0 Å². The molecule has 172 valence electrons. The zero-order chi connectivity index (χ0) is 22.9. The van der Waals surface area contributed by atoms with Crippen molar-refractivity contribution >= 4 is 5.57 Å². The minimum absolute atomic E-state index is 0.364. The Hall–Kier alpha value is -2.72. The molecule has 0 unspecified atom stereocenters. The summed E-state index contributed by atoms with van der Waals surface area (Å²) in [4.78, 5) is 7.67. The number of hydrogen-bond donors (Lipinski definition) is 0. The summed E-state index contributed by atoms with van der Waals surface area (Å²) in [5.74, 6) is 0. The zero-order valence-electron chi connectivity index (χ0n) is 20.1. The van der Waals surface area contributed by atoms with Crippen molar-refractivity contribution in [3.63, 3.8) is 0 Å². The molecule has 0 N–H and O–H groups in total. The van der Waals surface area contributed by atoms with Gasteiger partial charge in [-0.2, -0.15) is 0 Å². The molecular formula is C30H37N3. The van der Waals surface area contributed by atoms with E-state index in [4.69, 9.17) is 0 Å². The first-order valence-corrected chi connectivity index (χ1v) is 12.2. The van der Waals surface area contributed by atoms with Crippen LogP contribution in [0.3, 0.4) is 0 Å². The molecule has 3 heteroatoms. The van der Waals surface area contributed by atoms with Gasteiger partial charge in [0.05, 0.1) is 0 Å². The maximum atomic E-state index is 2.62. The fraction of sp³-hybridized carbons (Fsp3) is 0.333. The third kappa shape index (κ3) is 6.64. The van der Waals surface area contributed by atoms with Crippen LogP contribution >= 0.6 is 0 Å². The van der Waals surface area contributed by atoms with Crippen LogP contribution in [0.4, 0.5) is 0 Å². The summed E-state index contributed by atoms with van der Waals surface area (Å²) in [6.45, 7) is 10.1. The SMILES string of the molecule is C[C@H](c1ccccc1)N(CC=C(c1ccccc1)c1ccccc1)CCN1CCN(C)CC1. The summed E-state index contributed by atoms with van der Waals surface area (Å²) in [5, 5.41) is 0. The van der Waals surface area contributed by atoms with Crippen molar-refractivity contribution in [3.8, 4) is 0 Å². The van der Waals surface area contributed by atoms with Crippen molar-refractivity contribution in [2.75, 3.05) is 52.9 Å². The third-order valence-electron chi connectivity index (χ3n) is 6.83. The van der Waals surface area contributed by atoms with Crippen molar-refractivity contribution in [2.24, 2.45) is 0 Å². The Morgan fingerprint density at radius 1 is 0.788 bits per heavy atom. The Morgan fingerprint density at radius 2 is 1.30 bits per heavy atom. The fourth-order valence-electron chi connectivity index (χ4n) is 4.57. The molecule has 1 saturated heterocycles. The average molecular weight is 440 g/mol. The maximum absolute atomic E-state index is 2.62. The monoisotopic (exact) mass is 439 g/mol. The van der Waals surface area contributed by atoms with Crippen LogP contribution in [-0.2, 0) is 0 Å². The molecule has 0 spiro atoms. The van der Waals surface area contributed by atoms with E-state index in [9.17, 15) is 0 Å². The van der Waals surface area contributed by atoms with Gasteiger partial charge in [0, 0.05) is 51.9 Å². The van der Waals surface area contributed by atoms with Gasteiger partial charge in [0.15, 0.2) is 0 Å². The van der Waals surface area contributed by atoms with Gasteiger partial charge < -0.3 is 4.90 Å². The minimum atomic E-state index is 0.364. The molecule has 33 heavy (non-hydrogen) atoms. The third-order valence-corrected chi connectivity index (χ3v) is 6.83. The van der Waals surface area contributed by atoms with E-state index >= 15 is 0 Å². The van der Waals surface area contributed by atoms with Crippen molar-refractivity contribution in [1.82, 2.24) is 14.7 Å². The highest BCUT2D eigenvalue weighted by Crippen LogP contribution is 2.25. The molecule has 3 nitrogen and oxygen atoms in total. The lowest BCUT2D eigenvalue weighted by Gasteiger charge is -2.35. The van der Waals surface area contributed by atoms with Crippen LogP contribution in [0.25, 0.3) is 5.57 Å². The molecule has 1 aliphatic heterocycles. The number of piperazine rings is 1. The van der Waals surface area contributed by atoms with E-state index in [1.54, 1.807) is 0 Å². The van der Waals surface area contributed by atoms with Crippen LogP contribution in [0.5, 0.6) is 0 Å². The second kappa shape index (κ2) is 11.9. The first-order chi connectivity index (χ1) is 16.2. The Bertz CT molecular complexity index is 935. The summed E-state index contributed by atoms with van der Waals surface area (Å²) in [7, 11) is 2.22. The molecule has 1 aliphatic rings. The molecule has 0 radical (unpaired) electrons. The Morgan fingerprint density at radius 3 is 1.85 bits per heavy atom. The molecule has 0 aromatic heterocycles. The molecule has 1 atom stereocenters. The molecule has 4 rings (SSSR count). The highest BCUT2D eigenvalue weighted by atomic mass is 15.3. The zero-order valence-corrected chi connectivity index (χ0v) is 20.1. The van der Waals surface area contributed by atoms with Crippen LogP contribution in [0.2, 0.25) is 0 Å². The number of likely N-dealkylation sites (N-methyl/N-ethyl adjacent to an activating group) is 1. The second-order valence-corrected chi connectivity index (χ2v) is 9.08. The summed E-state index contributed by atoms with van der Waals surface area (Å²) in [6, 6.07) is 32.8. The van der Waals surface area contributed by atoms with Gasteiger partial charge in [0.2, 0.25) is 0 Å². The summed E-state index contributed by atoms with van der Waals surface area (Å²) in [6.07, 6.45) is 2.42. The molecule has 0 saturated carbocycles. The van der Waals surface area contributed by atoms with Crippen molar-refractivity contribution < 1.29 is 0 Å². The van der Waals surface area contributed by atoms with E-state index < -0.39 is 0 Å². The fourth-order valence-corrected chi connectivity index (χ4v) is 4.57. The van der Waals surface area contributed by atoms with Gasteiger partial charge in [0.1, 0.15) is 0 Å². The van der Waals surface area contributed by atoms with Crippen LogP contribution in [0.15, 0.2) is 97.1 Å². The van der Waals surface area contributed by atoms with Gasteiger partial charge in [0.25, 0.3) is 0 Å². The molecule has 0 amide bonds. The largest absolute Gasteiger partial charge is 0.304 e. The molecule has 1 heterocycles. The van der Waals surface area contributed by atoms with Gasteiger partial charge in [-0.3, -0.25) is 9.80 Å². The van der Waals surface area contributed by atoms with E-state index in [1.165, 1.54) is 48.4 Å². The van der Waals surface area contributed by atoms with Gasteiger partial charge in [-0.1, -0.05) is 97.1 Å². The normalized spacial score (nSPS) is 16.0. The van der Waals surface area contributed by atoms with E-state index in [1.807, 2.05) is 0 Å². The van der Waals surface area contributed by atoms with Crippen molar-refractivity contribution in [3.05, 3.63) is 114 Å². The number of nitrogens with zero attached hydrogens (tertiary/aromatic N) is 3. The maximum Gasteiger partial charge on any atom is 0.0323 e. The molecule has 3 aromatic rings. The van der Waals surface area contributed by atoms with Crippen LogP contribution < -0.4 is 0 Å². The lowest BCUT2D eigenvalue weighted by atomic mass is 9.97. The number of rotatable bonds is 9. The highest BCUT2D eigenvalue weighted by molar-refractivity contribution is 5.79. The number of hydrogen-bond acceptors (Lipinski definition) is 3. The van der Waals surface area contributed by atoms with Crippen molar-refractivity contribution in [2.45, 2.75) is 13.0 Å². The lowest BCUT2D eigenvalue weighted by Crippen LogP contribution is -2.47. The lowest BCUT2D eigenvalue weighted by molar-refractivity contribution is 0.127. The molecule has 3 aromatic carbocycles. The molecule has 0 aliphatic carbocycles. The summed E-state index contributed by atoms with van der Waals surface area (Å²) in [5.41, 5.74) is 5.23. The van der Waals surface area contributed by atoms with E-state index in [0.29, 0.717) is 6.04 Å². The quantitative estimate of drug-likeness (QED) is 0.440. The Balaban J connectivity index is 1.56. The minimum Gasteiger partial charge on any atom is -0.304 e. The van der Waals surface area contributed by atoms with Gasteiger partial charge >= 0.3 is 0 Å². The van der Waals surface area contributed by atoms with Gasteiger partial charge in [-0.15, -0.1) is 0 Å². The van der Waals surface area contributed by atoms with E-state index in [2.05, 4.69) is 126 Å². The average Bonchev–Trinajstić information content (AvgIpc) is 2.88. The predicted molar refractivity (Wildman–Crippen MR) is 140 cm³/mol. The van der Waals surface area contributed by atoms with Gasteiger partial charge in [-0.05, 0) is 36.2 Å². The Kier molecular flexibility index (Phi) is 8.48. The second-order valence-electron chi connectivity index (χ2n) is 9.08. The molecule has 1 fully saturated rings. The van der Waals surface area contributed by atoms with Crippen LogP contribution in [-0.4, -0.2) is 67.6 Å². The summed E-state index contributed by atoms with van der Waals surface area (Å²) < 4.78 is 0. The highest BCUT2D eigenvalue weighted by Gasteiger charge is 2.19. The summed E-state index contributed by atoms with van der Waals surface area (Å²) >= 11 is 0. The van der Waals surface area contributed by atoms with Crippen molar-refractivity contribution in [1.29, 1.82) is 0 Å². The van der Waals surface area contributed by atoms with Crippen LogP contribution in [0.1, 0.15) is 29.7 Å². The van der Waals surface area contributed by atoms with E-state index in [0.717, 1.165) is 19.6 Å². The molecule has 0 bridgehead atoms. The topological polar surface area (TPSA) is 9.72 Å². The first-order valence-electron chi connectivity index (χ1n) is 12.2. The van der Waals surface area contributed by atoms with E-state index in [-0.39, 0.29) is 0 Å². The number of benzene rings is 3. The smallest absolute Gasteiger partial charge is 0.0323 e. The Labute approximate surface area is 200 Å². The first kappa shape index (κ1) is 23.4.